The minimum absolute atomic E-state index is 0.645. The van der Waals surface area contributed by atoms with Crippen molar-refractivity contribution in [2.45, 2.75) is 0 Å². The van der Waals surface area contributed by atoms with Crippen molar-refractivity contribution in [1.82, 2.24) is 15.0 Å². The molecule has 1 aliphatic carbocycles. The summed E-state index contributed by atoms with van der Waals surface area (Å²) in [6.45, 7) is 0. The molecule has 9 rings (SSSR count). The van der Waals surface area contributed by atoms with Crippen LogP contribution in [0.2, 0.25) is 0 Å². The van der Waals surface area contributed by atoms with E-state index in [1.807, 2.05) is 18.2 Å². The normalized spacial score (nSPS) is 11.7. The van der Waals surface area contributed by atoms with Gasteiger partial charge in [-0.1, -0.05) is 137 Å². The van der Waals surface area contributed by atoms with Crippen LogP contribution in [0.3, 0.4) is 0 Å². The van der Waals surface area contributed by atoms with Crippen LogP contribution in [-0.2, 0) is 0 Å². The molecule has 210 valence electrons. The van der Waals surface area contributed by atoms with E-state index < -0.39 is 0 Å². The highest BCUT2D eigenvalue weighted by atomic mass is 79.9. The molecule has 1 aliphatic rings. The molecule has 1 heterocycles. The van der Waals surface area contributed by atoms with Crippen LogP contribution in [0.15, 0.2) is 150 Å². The molecule has 7 aromatic carbocycles. The van der Waals surface area contributed by atoms with Gasteiger partial charge in [-0.3, -0.25) is 0 Å². The summed E-state index contributed by atoms with van der Waals surface area (Å²) < 4.78 is 1.05. The third-order valence-corrected chi connectivity index (χ3v) is 9.17. The van der Waals surface area contributed by atoms with Crippen molar-refractivity contribution in [2.24, 2.45) is 0 Å². The molecular weight excluding hydrogens is 614 g/mol. The van der Waals surface area contributed by atoms with Crippen molar-refractivity contribution in [3.63, 3.8) is 0 Å². The Labute approximate surface area is 269 Å². The van der Waals surface area contributed by atoms with Gasteiger partial charge in [-0.15, -0.1) is 0 Å². The molecule has 0 spiro atoms. The van der Waals surface area contributed by atoms with Crippen LogP contribution >= 0.6 is 15.9 Å². The van der Waals surface area contributed by atoms with Crippen LogP contribution in [0, 0.1) is 0 Å². The van der Waals surface area contributed by atoms with Crippen molar-refractivity contribution in [3.05, 3.63) is 150 Å². The molecule has 0 amide bonds. The molecule has 3 nitrogen and oxygen atoms in total. The summed E-state index contributed by atoms with van der Waals surface area (Å²) in [7, 11) is 0. The highest BCUT2D eigenvalue weighted by Crippen LogP contribution is 2.49. The third kappa shape index (κ3) is 4.29. The van der Waals surface area contributed by atoms with Gasteiger partial charge in [0.1, 0.15) is 0 Å². The van der Waals surface area contributed by atoms with Crippen molar-refractivity contribution in [1.29, 1.82) is 0 Å². The molecule has 0 saturated heterocycles. The van der Waals surface area contributed by atoms with E-state index in [0.717, 1.165) is 37.7 Å². The first-order valence-corrected chi connectivity index (χ1v) is 15.8. The first-order chi connectivity index (χ1) is 22.2. The zero-order valence-corrected chi connectivity index (χ0v) is 25.7. The average Bonchev–Trinajstić information content (AvgIpc) is 3.43. The van der Waals surface area contributed by atoms with Crippen LogP contribution in [0.25, 0.3) is 89.1 Å². The highest BCUT2D eigenvalue weighted by Gasteiger charge is 2.23. The van der Waals surface area contributed by atoms with E-state index in [1.165, 1.54) is 38.4 Å². The fraction of sp³-hybridized carbons (Fsp3) is 0. The number of halogens is 1. The molecule has 0 unspecified atom stereocenters. The first kappa shape index (κ1) is 26.0. The molecule has 0 fully saturated rings. The molecule has 1 aromatic heterocycles. The van der Waals surface area contributed by atoms with Gasteiger partial charge < -0.3 is 0 Å². The molecule has 4 heteroatoms. The minimum Gasteiger partial charge on any atom is -0.208 e. The summed E-state index contributed by atoms with van der Waals surface area (Å²) in [5.41, 5.74) is 10.2. The van der Waals surface area contributed by atoms with Crippen molar-refractivity contribution >= 4 is 37.5 Å². The number of nitrogens with zero attached hydrogens (tertiary/aromatic N) is 3. The van der Waals surface area contributed by atoms with Crippen molar-refractivity contribution in [2.75, 3.05) is 0 Å². The second kappa shape index (κ2) is 10.3. The number of hydrogen-bond donors (Lipinski definition) is 0. The van der Waals surface area contributed by atoms with Gasteiger partial charge in [0.25, 0.3) is 0 Å². The van der Waals surface area contributed by atoms with Gasteiger partial charge in [-0.2, -0.15) is 0 Å². The maximum atomic E-state index is 5.16. The Morgan fingerprint density at radius 1 is 0.356 bits per heavy atom. The lowest BCUT2D eigenvalue weighted by atomic mass is 9.96. The van der Waals surface area contributed by atoms with Gasteiger partial charge in [-0.05, 0) is 79.2 Å². The molecule has 0 bridgehead atoms. The predicted molar refractivity (Wildman–Crippen MR) is 189 cm³/mol. The predicted octanol–water partition coefficient (Wildman–Crippen LogP) is 11.3. The van der Waals surface area contributed by atoms with Gasteiger partial charge in [0, 0.05) is 21.2 Å². The topological polar surface area (TPSA) is 38.7 Å². The lowest BCUT2D eigenvalue weighted by Gasteiger charge is -2.13. The molecular formula is C41H24BrN3. The fourth-order valence-electron chi connectivity index (χ4n) is 6.68. The molecule has 8 aromatic rings. The largest absolute Gasteiger partial charge is 0.208 e. The fourth-order valence-corrected chi connectivity index (χ4v) is 7.16. The summed E-state index contributed by atoms with van der Waals surface area (Å²) >= 11 is 3.73. The summed E-state index contributed by atoms with van der Waals surface area (Å²) in [4.78, 5) is 15.3. The summed E-state index contributed by atoms with van der Waals surface area (Å²) in [5, 5.41) is 4.79. The van der Waals surface area contributed by atoms with E-state index in [0.29, 0.717) is 17.5 Å². The van der Waals surface area contributed by atoms with E-state index >= 15 is 0 Å². The Bertz CT molecular complexity index is 2420. The van der Waals surface area contributed by atoms with Crippen LogP contribution < -0.4 is 0 Å². The van der Waals surface area contributed by atoms with Crippen molar-refractivity contribution in [3.8, 4) is 67.5 Å². The lowest BCUT2D eigenvalue weighted by molar-refractivity contribution is 1.08. The van der Waals surface area contributed by atoms with E-state index in [9.17, 15) is 0 Å². The maximum absolute atomic E-state index is 5.16. The van der Waals surface area contributed by atoms with E-state index in [-0.39, 0.29) is 0 Å². The van der Waals surface area contributed by atoms with Crippen molar-refractivity contribution < 1.29 is 0 Å². The quantitative estimate of drug-likeness (QED) is 0.193. The van der Waals surface area contributed by atoms with Gasteiger partial charge in [0.2, 0.25) is 0 Å². The standard InChI is InChI=1S/C41H24BrN3/c42-29-23-27-12-4-5-15-30(27)37(24-29)26-13-8-14-28(22-26)40-43-39(25-10-2-1-3-11-25)44-41(45-40)36-21-20-35-32-17-7-6-16-31(32)33-18-9-19-34(36)38(33)35/h1-24H. The minimum atomic E-state index is 0.645. The Hall–Kier alpha value is -5.45. The number of aromatic nitrogens is 3. The molecule has 0 atom stereocenters. The van der Waals surface area contributed by atoms with Gasteiger partial charge in [0.05, 0.1) is 0 Å². The van der Waals surface area contributed by atoms with Gasteiger partial charge in [0.15, 0.2) is 17.5 Å². The Kier molecular flexibility index (Phi) is 5.97. The van der Waals surface area contributed by atoms with Crippen LogP contribution in [0.4, 0.5) is 0 Å². The van der Waals surface area contributed by atoms with Crippen LogP contribution in [-0.4, -0.2) is 15.0 Å². The zero-order valence-electron chi connectivity index (χ0n) is 24.1. The Morgan fingerprint density at radius 2 is 0.933 bits per heavy atom. The second-order valence-corrected chi connectivity index (χ2v) is 12.3. The maximum Gasteiger partial charge on any atom is 0.164 e. The molecule has 0 radical (unpaired) electrons. The van der Waals surface area contributed by atoms with E-state index in [4.69, 9.17) is 15.0 Å². The molecule has 0 saturated carbocycles. The Morgan fingerprint density at radius 3 is 1.78 bits per heavy atom. The highest BCUT2D eigenvalue weighted by molar-refractivity contribution is 9.10. The van der Waals surface area contributed by atoms with Gasteiger partial charge >= 0.3 is 0 Å². The van der Waals surface area contributed by atoms with E-state index in [2.05, 4.69) is 143 Å². The third-order valence-electron chi connectivity index (χ3n) is 8.71. The molecule has 0 aliphatic heterocycles. The smallest absolute Gasteiger partial charge is 0.164 e. The Balaban J connectivity index is 1.26. The number of rotatable bonds is 4. The lowest BCUT2D eigenvalue weighted by Crippen LogP contribution is -2.00. The monoisotopic (exact) mass is 637 g/mol. The summed E-state index contributed by atoms with van der Waals surface area (Å²) in [6, 6.07) is 51.1. The number of hydrogen-bond acceptors (Lipinski definition) is 3. The van der Waals surface area contributed by atoms with Gasteiger partial charge in [-0.25, -0.2) is 15.0 Å². The first-order valence-electron chi connectivity index (χ1n) is 15.0. The SMILES string of the molecule is Brc1cc(-c2cccc(-c3nc(-c4ccccc4)nc(-c4ccc5c6c(cccc46)-c4ccccc4-5)n3)c2)c2ccccc2c1. The van der Waals surface area contributed by atoms with Crippen LogP contribution in [0.5, 0.6) is 0 Å². The molecule has 0 N–H and O–H groups in total. The van der Waals surface area contributed by atoms with Crippen LogP contribution in [0.1, 0.15) is 0 Å². The second-order valence-electron chi connectivity index (χ2n) is 11.4. The molecule has 45 heavy (non-hydrogen) atoms. The summed E-state index contributed by atoms with van der Waals surface area (Å²) in [6.07, 6.45) is 0. The zero-order chi connectivity index (χ0) is 29.9. The number of benzene rings is 7. The average molecular weight is 639 g/mol. The summed E-state index contributed by atoms with van der Waals surface area (Å²) in [5.74, 6) is 1.96. The van der Waals surface area contributed by atoms with E-state index in [1.54, 1.807) is 0 Å². The number of fused-ring (bicyclic) bond motifs is 4.